The number of hydrogen-bond acceptors (Lipinski definition) is 2. The van der Waals surface area contributed by atoms with Crippen LogP contribution in [-0.2, 0) is 4.79 Å². The third kappa shape index (κ3) is 4.60. The molecule has 0 heterocycles. The number of hydrogen-bond donors (Lipinski definition) is 1. The van der Waals surface area contributed by atoms with Crippen LogP contribution in [0.3, 0.4) is 0 Å². The van der Waals surface area contributed by atoms with Crippen molar-refractivity contribution in [2.24, 2.45) is 0 Å². The minimum absolute atomic E-state index is 0.00201. The van der Waals surface area contributed by atoms with Crippen LogP contribution in [0.4, 0.5) is 0 Å². The fourth-order valence-corrected chi connectivity index (χ4v) is 2.78. The van der Waals surface area contributed by atoms with E-state index in [9.17, 15) is 4.79 Å². The molecule has 2 aromatic carbocycles. The first-order valence-corrected chi connectivity index (χ1v) is 8.51. The molecule has 0 aliphatic carbocycles. The van der Waals surface area contributed by atoms with Crippen molar-refractivity contribution < 1.29 is 9.53 Å². The third-order valence-corrected chi connectivity index (χ3v) is 4.23. The highest BCUT2D eigenvalue weighted by molar-refractivity contribution is 5.81. The number of nitrogens with one attached hydrogen (secondary N) is 1. The Morgan fingerprint density at radius 3 is 2.25 bits per heavy atom. The lowest BCUT2D eigenvalue weighted by molar-refractivity contribution is -0.128. The summed E-state index contributed by atoms with van der Waals surface area (Å²) < 4.78 is 5.75. The monoisotopic (exact) mass is 325 g/mol. The maximum atomic E-state index is 12.5. The highest BCUT2D eigenvalue weighted by Crippen LogP contribution is 2.22. The van der Waals surface area contributed by atoms with Gasteiger partial charge >= 0.3 is 0 Å². The van der Waals surface area contributed by atoms with Gasteiger partial charge in [-0.15, -0.1) is 0 Å². The quantitative estimate of drug-likeness (QED) is 0.840. The summed E-state index contributed by atoms with van der Waals surface area (Å²) in [6.45, 7) is 10.0. The van der Waals surface area contributed by atoms with Crippen molar-refractivity contribution in [3.63, 3.8) is 0 Å². The first-order valence-electron chi connectivity index (χ1n) is 8.51. The molecule has 1 amide bonds. The molecule has 0 bridgehead atoms. The van der Waals surface area contributed by atoms with E-state index in [1.54, 1.807) is 6.92 Å². The third-order valence-electron chi connectivity index (χ3n) is 4.23. The first kappa shape index (κ1) is 18.1. The van der Waals surface area contributed by atoms with Crippen molar-refractivity contribution in [1.29, 1.82) is 0 Å². The lowest BCUT2D eigenvalue weighted by Gasteiger charge is -2.22. The molecule has 0 aliphatic rings. The van der Waals surface area contributed by atoms with Gasteiger partial charge < -0.3 is 10.1 Å². The summed E-state index contributed by atoms with van der Waals surface area (Å²) in [5.74, 6) is 0.616. The highest BCUT2D eigenvalue weighted by atomic mass is 16.5. The Bertz CT molecular complexity index is 691. The summed E-state index contributed by atoms with van der Waals surface area (Å²) in [6.07, 6.45) is 0.305. The predicted molar refractivity (Wildman–Crippen MR) is 98.4 cm³/mol. The Morgan fingerprint density at radius 2 is 1.67 bits per heavy atom. The lowest BCUT2D eigenvalue weighted by Crippen LogP contribution is -2.38. The predicted octanol–water partition coefficient (Wildman–Crippen LogP) is 4.65. The van der Waals surface area contributed by atoms with Gasteiger partial charge in [0, 0.05) is 0 Å². The second-order valence-corrected chi connectivity index (χ2v) is 6.40. The van der Waals surface area contributed by atoms with Crippen LogP contribution >= 0.6 is 0 Å². The summed E-state index contributed by atoms with van der Waals surface area (Å²) >= 11 is 0. The molecule has 0 saturated heterocycles. The highest BCUT2D eigenvalue weighted by Gasteiger charge is 2.20. The van der Waals surface area contributed by atoms with E-state index in [-0.39, 0.29) is 11.9 Å². The summed E-state index contributed by atoms with van der Waals surface area (Å²) in [4.78, 5) is 12.5. The second-order valence-electron chi connectivity index (χ2n) is 6.40. The van der Waals surface area contributed by atoms with Gasteiger partial charge in [-0.05, 0) is 57.4 Å². The van der Waals surface area contributed by atoms with Crippen molar-refractivity contribution in [1.82, 2.24) is 5.32 Å². The van der Waals surface area contributed by atoms with Crippen LogP contribution in [0.25, 0.3) is 0 Å². The van der Waals surface area contributed by atoms with Crippen LogP contribution in [-0.4, -0.2) is 12.0 Å². The Balaban J connectivity index is 2.04. The minimum Gasteiger partial charge on any atom is -0.481 e. The molecular weight excluding hydrogens is 298 g/mol. The van der Waals surface area contributed by atoms with E-state index in [1.165, 1.54) is 22.3 Å². The number of rotatable bonds is 6. The molecule has 1 N–H and O–H groups in total. The molecule has 0 unspecified atom stereocenters. The van der Waals surface area contributed by atoms with Gasteiger partial charge in [-0.3, -0.25) is 4.79 Å². The molecule has 0 spiro atoms. The summed E-state index contributed by atoms with van der Waals surface area (Å²) in [5, 5.41) is 3.11. The van der Waals surface area contributed by atoms with E-state index in [4.69, 9.17) is 4.74 Å². The van der Waals surface area contributed by atoms with Gasteiger partial charge in [0.05, 0.1) is 6.04 Å². The van der Waals surface area contributed by atoms with Crippen molar-refractivity contribution in [2.45, 2.75) is 53.2 Å². The van der Waals surface area contributed by atoms with Crippen LogP contribution in [0.1, 0.15) is 48.6 Å². The normalized spacial score (nSPS) is 13.2. The van der Waals surface area contributed by atoms with E-state index in [0.29, 0.717) is 5.75 Å². The maximum absolute atomic E-state index is 12.5. The number of ether oxygens (including phenoxy) is 1. The molecule has 0 radical (unpaired) electrons. The molecule has 2 atom stereocenters. The van der Waals surface area contributed by atoms with E-state index in [0.717, 1.165) is 6.42 Å². The van der Waals surface area contributed by atoms with Gasteiger partial charge in [0.1, 0.15) is 5.75 Å². The topological polar surface area (TPSA) is 38.3 Å². The summed E-state index contributed by atoms with van der Waals surface area (Å²) in [7, 11) is 0. The molecule has 2 rings (SSSR count). The Labute approximate surface area is 145 Å². The molecule has 0 saturated carbocycles. The van der Waals surface area contributed by atoms with E-state index in [1.807, 2.05) is 31.2 Å². The zero-order valence-corrected chi connectivity index (χ0v) is 15.2. The first-order chi connectivity index (χ1) is 11.4. The maximum Gasteiger partial charge on any atom is 0.261 e. The van der Waals surface area contributed by atoms with Crippen LogP contribution in [0, 0.1) is 20.8 Å². The number of benzene rings is 2. The number of aryl methyl sites for hydroxylation is 3. The van der Waals surface area contributed by atoms with E-state index in [2.05, 4.69) is 44.3 Å². The minimum atomic E-state index is -0.535. The van der Waals surface area contributed by atoms with Gasteiger partial charge in [-0.2, -0.15) is 0 Å². The molecule has 0 aliphatic heterocycles. The van der Waals surface area contributed by atoms with Gasteiger partial charge in [-0.25, -0.2) is 0 Å². The Hall–Kier alpha value is -2.29. The van der Waals surface area contributed by atoms with Crippen LogP contribution in [0.5, 0.6) is 5.75 Å². The van der Waals surface area contributed by atoms with Crippen molar-refractivity contribution in [2.75, 3.05) is 0 Å². The van der Waals surface area contributed by atoms with Gasteiger partial charge in [0.25, 0.3) is 5.91 Å². The molecule has 24 heavy (non-hydrogen) atoms. The molecule has 3 heteroatoms. The van der Waals surface area contributed by atoms with Gasteiger partial charge in [-0.1, -0.05) is 48.4 Å². The fourth-order valence-electron chi connectivity index (χ4n) is 2.78. The number of carbonyl (C=O) groups is 1. The zero-order valence-electron chi connectivity index (χ0n) is 15.2. The average Bonchev–Trinajstić information content (AvgIpc) is 2.55. The summed E-state index contributed by atoms with van der Waals surface area (Å²) in [6, 6.07) is 14.1. The molecule has 128 valence electrons. The molecular formula is C21H27NO2. The Kier molecular flexibility index (Phi) is 6.02. The molecule has 0 fully saturated rings. The standard InChI is InChI=1S/C21H27NO2/c1-6-20(19-12-9-15(3)13-16(19)4)22-21(23)17(5)24-18-10-7-14(2)8-11-18/h7-13,17,20H,6H2,1-5H3,(H,22,23)/t17-,20+/m0/s1. The van der Waals surface area contributed by atoms with Crippen molar-refractivity contribution in [3.05, 3.63) is 64.7 Å². The SMILES string of the molecule is CC[C@@H](NC(=O)[C@H](C)Oc1ccc(C)cc1)c1ccc(C)cc1C. The number of carbonyl (C=O) groups excluding carboxylic acids is 1. The zero-order chi connectivity index (χ0) is 17.7. The van der Waals surface area contributed by atoms with Crippen LogP contribution < -0.4 is 10.1 Å². The lowest BCUT2D eigenvalue weighted by atomic mass is 9.97. The average molecular weight is 325 g/mol. The smallest absolute Gasteiger partial charge is 0.261 e. The Morgan fingerprint density at radius 1 is 1.04 bits per heavy atom. The van der Waals surface area contributed by atoms with Crippen LogP contribution in [0.15, 0.2) is 42.5 Å². The van der Waals surface area contributed by atoms with Crippen molar-refractivity contribution in [3.8, 4) is 5.75 Å². The van der Waals surface area contributed by atoms with Crippen LogP contribution in [0.2, 0.25) is 0 Å². The van der Waals surface area contributed by atoms with Gasteiger partial charge in [0.2, 0.25) is 0 Å². The molecule has 2 aromatic rings. The fraction of sp³-hybridized carbons (Fsp3) is 0.381. The van der Waals surface area contributed by atoms with E-state index >= 15 is 0 Å². The van der Waals surface area contributed by atoms with Crippen molar-refractivity contribution >= 4 is 5.91 Å². The van der Waals surface area contributed by atoms with E-state index < -0.39 is 6.10 Å². The second kappa shape index (κ2) is 8.00. The molecule has 3 nitrogen and oxygen atoms in total. The summed E-state index contributed by atoms with van der Waals surface area (Å²) in [5.41, 5.74) is 4.77. The molecule has 0 aromatic heterocycles. The largest absolute Gasteiger partial charge is 0.481 e. The van der Waals surface area contributed by atoms with Gasteiger partial charge in [0.15, 0.2) is 6.10 Å². The number of amides is 1.